The van der Waals surface area contributed by atoms with Crippen molar-refractivity contribution in [2.75, 3.05) is 25.6 Å². The summed E-state index contributed by atoms with van der Waals surface area (Å²) in [6.45, 7) is 2.99. The Morgan fingerprint density at radius 1 is 1.60 bits per heavy atom. The molecule has 0 bridgehead atoms. The summed E-state index contributed by atoms with van der Waals surface area (Å²) in [5, 5.41) is 3.36. The van der Waals surface area contributed by atoms with E-state index in [-0.39, 0.29) is 5.97 Å². The normalized spacial score (nSPS) is 10.1. The highest BCUT2D eigenvalue weighted by Crippen LogP contribution is 2.25. The molecule has 4 heteroatoms. The Bertz CT molecular complexity index is 322. The first kappa shape index (κ1) is 12.0. The van der Waals surface area contributed by atoms with E-state index in [1.807, 2.05) is 0 Å². The first-order chi connectivity index (χ1) is 7.15. The van der Waals surface area contributed by atoms with E-state index in [1.54, 1.807) is 11.3 Å². The number of rotatable bonds is 5. The first-order valence-corrected chi connectivity index (χ1v) is 5.85. The molecule has 15 heavy (non-hydrogen) atoms. The molecule has 0 unspecified atom stereocenters. The Kier molecular flexibility index (Phi) is 4.62. The van der Waals surface area contributed by atoms with E-state index < -0.39 is 0 Å². The molecule has 1 aromatic heterocycles. The van der Waals surface area contributed by atoms with Crippen LogP contribution >= 0.6 is 11.3 Å². The van der Waals surface area contributed by atoms with Crippen molar-refractivity contribution in [2.45, 2.75) is 19.8 Å². The van der Waals surface area contributed by atoms with Crippen LogP contribution in [0.1, 0.15) is 18.4 Å². The third-order valence-electron chi connectivity index (χ3n) is 2.28. The van der Waals surface area contributed by atoms with Crippen LogP contribution in [0.4, 0.5) is 5.00 Å². The Morgan fingerprint density at radius 3 is 2.87 bits per heavy atom. The minimum Gasteiger partial charge on any atom is -0.469 e. The third-order valence-corrected chi connectivity index (χ3v) is 3.41. The maximum absolute atomic E-state index is 10.9. The van der Waals surface area contributed by atoms with Gasteiger partial charge in [-0.1, -0.05) is 0 Å². The van der Waals surface area contributed by atoms with Crippen molar-refractivity contribution < 1.29 is 9.53 Å². The summed E-state index contributed by atoms with van der Waals surface area (Å²) in [6.07, 6.45) is 1.33. The Morgan fingerprint density at radius 2 is 2.33 bits per heavy atom. The van der Waals surface area contributed by atoms with E-state index in [4.69, 9.17) is 0 Å². The van der Waals surface area contributed by atoms with E-state index in [0.717, 1.165) is 13.0 Å². The summed E-state index contributed by atoms with van der Waals surface area (Å²) < 4.78 is 4.59. The highest BCUT2D eigenvalue weighted by molar-refractivity contribution is 7.14. The van der Waals surface area contributed by atoms with Crippen molar-refractivity contribution in [3.05, 3.63) is 17.0 Å². The molecule has 0 spiro atoms. The van der Waals surface area contributed by atoms with Gasteiger partial charge in [0.05, 0.1) is 12.1 Å². The molecule has 0 fully saturated rings. The monoisotopic (exact) mass is 227 g/mol. The molecular formula is C11H17NO2S. The van der Waals surface area contributed by atoms with Crippen LogP contribution in [0, 0.1) is 6.92 Å². The van der Waals surface area contributed by atoms with Crippen molar-refractivity contribution in [1.29, 1.82) is 0 Å². The van der Waals surface area contributed by atoms with E-state index in [9.17, 15) is 4.79 Å². The third kappa shape index (κ3) is 3.55. The van der Waals surface area contributed by atoms with Gasteiger partial charge in [0.15, 0.2) is 0 Å². The zero-order valence-electron chi connectivity index (χ0n) is 9.45. The number of hydrogen-bond acceptors (Lipinski definition) is 4. The molecule has 0 atom stereocenters. The fourth-order valence-corrected chi connectivity index (χ4v) is 2.35. The molecule has 0 amide bonds. The lowest BCUT2D eigenvalue weighted by Gasteiger charge is -2.17. The second kappa shape index (κ2) is 5.75. The molecule has 0 radical (unpaired) electrons. The van der Waals surface area contributed by atoms with Crippen molar-refractivity contribution in [3.63, 3.8) is 0 Å². The lowest BCUT2D eigenvalue weighted by Crippen LogP contribution is -2.19. The van der Waals surface area contributed by atoms with Crippen molar-refractivity contribution in [2.24, 2.45) is 0 Å². The summed E-state index contributed by atoms with van der Waals surface area (Å²) in [4.78, 5) is 13.1. The number of carbonyl (C=O) groups excluding carboxylic acids is 1. The summed E-state index contributed by atoms with van der Waals surface area (Å²) in [5.41, 5.74) is 1.29. The van der Waals surface area contributed by atoms with Crippen LogP contribution in [0.2, 0.25) is 0 Å². The van der Waals surface area contributed by atoms with Crippen molar-refractivity contribution >= 4 is 22.3 Å². The van der Waals surface area contributed by atoms with Crippen molar-refractivity contribution in [1.82, 2.24) is 0 Å². The number of thiophene rings is 1. The van der Waals surface area contributed by atoms with Gasteiger partial charge in [-0.25, -0.2) is 0 Å². The predicted octanol–water partition coefficient (Wildman–Crippen LogP) is 2.45. The van der Waals surface area contributed by atoms with E-state index >= 15 is 0 Å². The number of esters is 1. The van der Waals surface area contributed by atoms with Crippen LogP contribution in [0.15, 0.2) is 11.4 Å². The molecule has 0 N–H and O–H groups in total. The number of aryl methyl sites for hydroxylation is 1. The second-order valence-corrected chi connectivity index (χ2v) is 4.40. The zero-order chi connectivity index (χ0) is 11.3. The number of carbonyl (C=O) groups is 1. The van der Waals surface area contributed by atoms with Crippen LogP contribution in [0.3, 0.4) is 0 Å². The topological polar surface area (TPSA) is 29.5 Å². The fraction of sp³-hybridized carbons (Fsp3) is 0.545. The van der Waals surface area contributed by atoms with Gasteiger partial charge in [0.1, 0.15) is 0 Å². The molecule has 0 aliphatic rings. The van der Waals surface area contributed by atoms with Gasteiger partial charge >= 0.3 is 5.97 Å². The lowest BCUT2D eigenvalue weighted by molar-refractivity contribution is -0.140. The van der Waals surface area contributed by atoms with E-state index in [2.05, 4.69) is 35.1 Å². The van der Waals surface area contributed by atoms with Gasteiger partial charge in [-0.05, 0) is 30.4 Å². The Labute approximate surface area is 94.7 Å². The molecular weight excluding hydrogens is 210 g/mol. The lowest BCUT2D eigenvalue weighted by atomic mass is 10.3. The Hall–Kier alpha value is -1.03. The summed E-state index contributed by atoms with van der Waals surface area (Å²) in [7, 11) is 3.48. The molecule has 84 valence electrons. The number of anilines is 1. The van der Waals surface area contributed by atoms with Gasteiger partial charge < -0.3 is 9.64 Å². The SMILES string of the molecule is COC(=O)CCCN(C)c1sccc1C. The van der Waals surface area contributed by atoms with Crippen LogP contribution in [-0.2, 0) is 9.53 Å². The maximum Gasteiger partial charge on any atom is 0.305 e. The standard InChI is InChI=1S/C11H17NO2S/c1-9-6-8-15-11(9)12(2)7-4-5-10(13)14-3/h6,8H,4-5,7H2,1-3H3. The largest absolute Gasteiger partial charge is 0.469 e. The fourth-order valence-electron chi connectivity index (χ4n) is 1.42. The number of nitrogens with zero attached hydrogens (tertiary/aromatic N) is 1. The molecule has 0 saturated heterocycles. The van der Waals surface area contributed by atoms with Gasteiger partial charge in [0, 0.05) is 20.0 Å². The van der Waals surface area contributed by atoms with E-state index in [0.29, 0.717) is 6.42 Å². The molecule has 0 aliphatic carbocycles. The quantitative estimate of drug-likeness (QED) is 0.724. The van der Waals surface area contributed by atoms with Gasteiger partial charge in [0.25, 0.3) is 0 Å². The van der Waals surface area contributed by atoms with Gasteiger partial charge in [-0.2, -0.15) is 0 Å². The highest BCUT2D eigenvalue weighted by atomic mass is 32.1. The average Bonchev–Trinajstić information content (AvgIpc) is 2.64. The smallest absolute Gasteiger partial charge is 0.305 e. The number of methoxy groups -OCH3 is 1. The number of hydrogen-bond donors (Lipinski definition) is 0. The maximum atomic E-state index is 10.9. The molecule has 1 aromatic rings. The molecule has 1 heterocycles. The molecule has 0 aliphatic heterocycles. The van der Waals surface area contributed by atoms with Crippen LogP contribution in [-0.4, -0.2) is 26.7 Å². The highest BCUT2D eigenvalue weighted by Gasteiger charge is 2.06. The summed E-state index contributed by atoms with van der Waals surface area (Å²) >= 11 is 1.73. The Balaban J connectivity index is 2.34. The van der Waals surface area contributed by atoms with Gasteiger partial charge in [-0.3, -0.25) is 4.79 Å². The van der Waals surface area contributed by atoms with Gasteiger partial charge in [0.2, 0.25) is 0 Å². The second-order valence-electron chi connectivity index (χ2n) is 3.51. The summed E-state index contributed by atoms with van der Waals surface area (Å²) in [5.74, 6) is -0.133. The minimum atomic E-state index is -0.133. The molecule has 0 aromatic carbocycles. The van der Waals surface area contributed by atoms with Crippen molar-refractivity contribution in [3.8, 4) is 0 Å². The molecule has 3 nitrogen and oxygen atoms in total. The summed E-state index contributed by atoms with van der Waals surface area (Å²) in [6, 6.07) is 2.11. The first-order valence-electron chi connectivity index (χ1n) is 4.97. The van der Waals surface area contributed by atoms with Crippen LogP contribution in [0.25, 0.3) is 0 Å². The number of ether oxygens (including phenoxy) is 1. The van der Waals surface area contributed by atoms with E-state index in [1.165, 1.54) is 17.7 Å². The minimum absolute atomic E-state index is 0.133. The molecule has 1 rings (SSSR count). The van der Waals surface area contributed by atoms with Gasteiger partial charge in [-0.15, -0.1) is 11.3 Å². The van der Waals surface area contributed by atoms with Crippen LogP contribution < -0.4 is 4.90 Å². The molecule has 0 saturated carbocycles. The van der Waals surface area contributed by atoms with Crippen LogP contribution in [0.5, 0.6) is 0 Å². The zero-order valence-corrected chi connectivity index (χ0v) is 10.3. The predicted molar refractivity (Wildman–Crippen MR) is 63.6 cm³/mol. The average molecular weight is 227 g/mol.